The fourth-order valence-electron chi connectivity index (χ4n) is 3.84. The third-order valence-electron chi connectivity index (χ3n) is 5.50. The van der Waals surface area contributed by atoms with Gasteiger partial charge in [0.2, 0.25) is 0 Å². The number of ether oxygens (including phenoxy) is 3. The van der Waals surface area contributed by atoms with Gasteiger partial charge in [-0.1, -0.05) is 39.1 Å². The molecule has 182 valence electrons. The quantitative estimate of drug-likeness (QED) is 0.395. The van der Waals surface area contributed by atoms with Gasteiger partial charge in [-0.2, -0.15) is 0 Å². The van der Waals surface area contributed by atoms with Gasteiger partial charge >= 0.3 is 0 Å². The van der Waals surface area contributed by atoms with Crippen molar-refractivity contribution in [2.24, 2.45) is 0 Å². The van der Waals surface area contributed by atoms with Crippen LogP contribution in [0.3, 0.4) is 0 Å². The van der Waals surface area contributed by atoms with E-state index < -0.39 is 17.9 Å². The Bertz CT molecular complexity index is 1270. The van der Waals surface area contributed by atoms with Crippen LogP contribution in [-0.2, 0) is 16.1 Å². The monoisotopic (exact) mass is 578 g/mol. The van der Waals surface area contributed by atoms with E-state index in [0.717, 1.165) is 4.47 Å². The summed E-state index contributed by atoms with van der Waals surface area (Å²) < 4.78 is 17.4. The zero-order valence-electron chi connectivity index (χ0n) is 18.8. The first-order chi connectivity index (χ1) is 16.8. The first kappa shape index (κ1) is 25.2. The van der Waals surface area contributed by atoms with E-state index in [4.69, 9.17) is 37.4 Å². The molecular formula is C25H21BrCl2N2O5. The molecule has 0 bridgehead atoms. The number of methoxy groups -OCH3 is 2. The third-order valence-corrected chi connectivity index (χ3v) is 6.53. The Morgan fingerprint density at radius 1 is 1.11 bits per heavy atom. The molecule has 1 aliphatic heterocycles. The van der Waals surface area contributed by atoms with E-state index >= 15 is 0 Å². The standard InChI is InChI=1S/C25H21BrCl2N2O5/c1-33-18-8-3-14(21(11-18)34-2)12-30-22(31)13-35-24-19(9-16(27)10-20(24)28)23(30)25(32)29-17-6-4-15(26)5-7-17/h3-11,23H,12-13H2,1-2H3,(H,29,32). The zero-order valence-corrected chi connectivity index (χ0v) is 21.9. The number of hydrogen-bond acceptors (Lipinski definition) is 5. The number of benzene rings is 3. The van der Waals surface area contributed by atoms with Crippen LogP contribution in [0.5, 0.6) is 17.2 Å². The van der Waals surface area contributed by atoms with Crippen LogP contribution in [0.2, 0.25) is 10.0 Å². The lowest BCUT2D eigenvalue weighted by Gasteiger charge is -2.30. The molecule has 1 aliphatic rings. The highest BCUT2D eigenvalue weighted by Gasteiger charge is 2.38. The molecule has 0 spiro atoms. The number of carbonyl (C=O) groups is 2. The van der Waals surface area contributed by atoms with E-state index in [1.54, 1.807) is 55.6 Å². The van der Waals surface area contributed by atoms with Crippen LogP contribution in [0.4, 0.5) is 5.69 Å². The number of nitrogens with zero attached hydrogens (tertiary/aromatic N) is 1. The van der Waals surface area contributed by atoms with E-state index in [-0.39, 0.29) is 23.9 Å². The van der Waals surface area contributed by atoms with Crippen molar-refractivity contribution in [2.75, 3.05) is 26.1 Å². The molecule has 0 saturated carbocycles. The van der Waals surface area contributed by atoms with Crippen molar-refractivity contribution in [3.63, 3.8) is 0 Å². The van der Waals surface area contributed by atoms with E-state index in [2.05, 4.69) is 21.2 Å². The first-order valence-corrected chi connectivity index (χ1v) is 12.0. The van der Waals surface area contributed by atoms with Crippen LogP contribution in [0.25, 0.3) is 0 Å². The van der Waals surface area contributed by atoms with Gasteiger partial charge in [0.05, 0.1) is 25.8 Å². The molecule has 2 amide bonds. The molecule has 1 heterocycles. The Kier molecular flexibility index (Phi) is 7.74. The summed E-state index contributed by atoms with van der Waals surface area (Å²) in [4.78, 5) is 28.4. The van der Waals surface area contributed by atoms with Crippen LogP contribution < -0.4 is 19.5 Å². The molecule has 10 heteroatoms. The Hall–Kier alpha value is -2.94. The molecule has 4 rings (SSSR count). The fourth-order valence-corrected chi connectivity index (χ4v) is 4.66. The number of carbonyl (C=O) groups excluding carboxylic acids is 2. The van der Waals surface area contributed by atoms with Gasteiger partial charge in [-0.15, -0.1) is 0 Å². The topological polar surface area (TPSA) is 77.1 Å². The number of fused-ring (bicyclic) bond motifs is 1. The number of nitrogens with one attached hydrogen (secondary N) is 1. The Morgan fingerprint density at radius 3 is 2.54 bits per heavy atom. The summed E-state index contributed by atoms with van der Waals surface area (Å²) in [5.41, 5.74) is 1.63. The van der Waals surface area contributed by atoms with Gasteiger partial charge in [-0.3, -0.25) is 9.59 Å². The summed E-state index contributed by atoms with van der Waals surface area (Å²) >= 11 is 16.1. The Labute approximate surface area is 221 Å². The van der Waals surface area contributed by atoms with Gasteiger partial charge in [-0.25, -0.2) is 0 Å². The predicted octanol–water partition coefficient (Wildman–Crippen LogP) is 5.87. The molecule has 0 aliphatic carbocycles. The highest BCUT2D eigenvalue weighted by molar-refractivity contribution is 9.10. The van der Waals surface area contributed by atoms with E-state index in [1.807, 2.05) is 0 Å². The zero-order chi connectivity index (χ0) is 25.1. The van der Waals surface area contributed by atoms with Crippen LogP contribution >= 0.6 is 39.1 Å². The van der Waals surface area contributed by atoms with E-state index in [0.29, 0.717) is 33.3 Å². The molecule has 3 aromatic carbocycles. The lowest BCUT2D eigenvalue weighted by molar-refractivity contribution is -0.140. The minimum absolute atomic E-state index is 0.0668. The smallest absolute Gasteiger partial charge is 0.261 e. The van der Waals surface area contributed by atoms with Crippen molar-refractivity contribution in [3.8, 4) is 17.2 Å². The van der Waals surface area contributed by atoms with Crippen molar-refractivity contribution >= 4 is 56.6 Å². The predicted molar refractivity (Wildman–Crippen MR) is 138 cm³/mol. The Balaban J connectivity index is 1.79. The second-order valence-corrected chi connectivity index (χ2v) is 9.45. The van der Waals surface area contributed by atoms with Crippen LogP contribution in [0.15, 0.2) is 59.1 Å². The highest BCUT2D eigenvalue weighted by Crippen LogP contribution is 2.41. The van der Waals surface area contributed by atoms with Crippen molar-refractivity contribution in [3.05, 3.63) is 80.2 Å². The average Bonchev–Trinajstić information content (AvgIpc) is 2.97. The summed E-state index contributed by atoms with van der Waals surface area (Å²) in [5, 5.41) is 3.41. The maximum Gasteiger partial charge on any atom is 0.261 e. The van der Waals surface area contributed by atoms with Crippen LogP contribution in [-0.4, -0.2) is 37.5 Å². The molecular weight excluding hydrogens is 559 g/mol. The minimum atomic E-state index is -1.08. The normalized spacial score (nSPS) is 15.1. The van der Waals surface area contributed by atoms with Gasteiger partial charge in [0, 0.05) is 32.4 Å². The minimum Gasteiger partial charge on any atom is -0.497 e. The van der Waals surface area contributed by atoms with Crippen molar-refractivity contribution < 1.29 is 23.8 Å². The number of rotatable bonds is 6. The van der Waals surface area contributed by atoms with Gasteiger partial charge in [0.25, 0.3) is 11.8 Å². The van der Waals surface area contributed by atoms with Crippen molar-refractivity contribution in [1.29, 1.82) is 0 Å². The summed E-state index contributed by atoms with van der Waals surface area (Å²) in [6.45, 7) is -0.230. The van der Waals surface area contributed by atoms with E-state index in [1.165, 1.54) is 18.1 Å². The summed E-state index contributed by atoms with van der Waals surface area (Å²) in [6.07, 6.45) is 0. The molecule has 0 fully saturated rings. The second-order valence-electron chi connectivity index (χ2n) is 7.69. The lowest BCUT2D eigenvalue weighted by atomic mass is 10.0. The van der Waals surface area contributed by atoms with Gasteiger partial charge in [0.1, 0.15) is 23.3 Å². The summed E-state index contributed by atoms with van der Waals surface area (Å²) in [7, 11) is 3.08. The summed E-state index contributed by atoms with van der Waals surface area (Å²) in [5.74, 6) is 0.508. The molecule has 1 atom stereocenters. The fraction of sp³-hybridized carbons (Fsp3) is 0.200. The van der Waals surface area contributed by atoms with Crippen LogP contribution in [0, 0.1) is 0 Å². The average molecular weight is 580 g/mol. The first-order valence-electron chi connectivity index (χ1n) is 10.5. The maximum absolute atomic E-state index is 13.7. The molecule has 0 saturated heterocycles. The lowest BCUT2D eigenvalue weighted by Crippen LogP contribution is -2.41. The largest absolute Gasteiger partial charge is 0.497 e. The van der Waals surface area contributed by atoms with Crippen LogP contribution in [0.1, 0.15) is 17.2 Å². The Morgan fingerprint density at radius 2 is 1.86 bits per heavy atom. The molecule has 1 N–H and O–H groups in total. The van der Waals surface area contributed by atoms with Gasteiger partial charge < -0.3 is 24.4 Å². The molecule has 0 aromatic heterocycles. The number of amides is 2. The van der Waals surface area contributed by atoms with Crippen molar-refractivity contribution in [2.45, 2.75) is 12.6 Å². The van der Waals surface area contributed by atoms with Gasteiger partial charge in [0.15, 0.2) is 6.61 Å². The highest BCUT2D eigenvalue weighted by atomic mass is 79.9. The number of halogens is 3. The number of hydrogen-bond donors (Lipinski definition) is 1. The van der Waals surface area contributed by atoms with Crippen molar-refractivity contribution in [1.82, 2.24) is 4.90 Å². The molecule has 0 radical (unpaired) electrons. The molecule has 7 nitrogen and oxygen atoms in total. The molecule has 3 aromatic rings. The summed E-state index contributed by atoms with van der Waals surface area (Å²) in [6, 6.07) is 14.4. The van der Waals surface area contributed by atoms with Gasteiger partial charge in [-0.05, 0) is 48.5 Å². The SMILES string of the molecule is COc1ccc(CN2C(=O)COc3c(Cl)cc(Cl)cc3C2C(=O)Nc2ccc(Br)cc2)c(OC)c1. The van der Waals surface area contributed by atoms with E-state index in [9.17, 15) is 9.59 Å². The third kappa shape index (κ3) is 5.50. The molecule has 35 heavy (non-hydrogen) atoms. The number of anilines is 1. The maximum atomic E-state index is 13.7. The molecule has 1 unspecified atom stereocenters. The second kappa shape index (κ2) is 10.8.